The number of aryl methyl sites for hydroxylation is 1. The number of hydrogen-bond donors (Lipinski definition) is 1. The smallest absolute Gasteiger partial charge is 0.194 e. The fourth-order valence-electron chi connectivity index (χ4n) is 2.75. The first-order valence-electron chi connectivity index (χ1n) is 8.41. The molecule has 2 aromatic rings. The Bertz CT molecular complexity index is 871. The Morgan fingerprint density at radius 3 is 2.19 bits per heavy atom. The van der Waals surface area contributed by atoms with Gasteiger partial charge in [0, 0.05) is 5.92 Å². The minimum Gasteiger partial charge on any atom is -0.494 e. The predicted molar refractivity (Wildman–Crippen MR) is 105 cm³/mol. The molecule has 2 N–H and O–H groups in total. The summed E-state index contributed by atoms with van der Waals surface area (Å²) >= 11 is 0. The van der Waals surface area contributed by atoms with Gasteiger partial charge in [0.25, 0.3) is 0 Å². The molecule has 4 nitrogen and oxygen atoms in total. The molecule has 0 fully saturated rings. The van der Waals surface area contributed by atoms with Gasteiger partial charge in [-0.2, -0.15) is 0 Å². The number of rotatable bonds is 8. The van der Waals surface area contributed by atoms with Gasteiger partial charge in [-0.1, -0.05) is 61.2 Å². The average Bonchev–Trinajstić information content (AvgIpc) is 2.63. The van der Waals surface area contributed by atoms with Gasteiger partial charge in [-0.3, -0.25) is 0 Å². The molecule has 5 heteroatoms. The van der Waals surface area contributed by atoms with E-state index in [0.717, 1.165) is 11.1 Å². The van der Waals surface area contributed by atoms with Crippen LogP contribution in [0.2, 0.25) is 0 Å². The van der Waals surface area contributed by atoms with Crippen molar-refractivity contribution in [2.75, 3.05) is 6.61 Å². The van der Waals surface area contributed by atoms with Gasteiger partial charge in [0.2, 0.25) is 0 Å². The van der Waals surface area contributed by atoms with E-state index in [1.165, 1.54) is 0 Å². The lowest BCUT2D eigenvalue weighted by Crippen LogP contribution is -2.38. The predicted octanol–water partition coefficient (Wildman–Crippen LogP) is 3.94. The van der Waals surface area contributed by atoms with Gasteiger partial charge < -0.3 is 10.5 Å². The van der Waals surface area contributed by atoms with Gasteiger partial charge in [0.05, 0.1) is 11.5 Å². The lowest BCUT2D eigenvalue weighted by Gasteiger charge is -2.27. The highest BCUT2D eigenvalue weighted by Gasteiger charge is 2.35. The molecule has 0 bridgehead atoms. The molecule has 2 rings (SSSR count). The normalized spacial score (nSPS) is 13.7. The van der Waals surface area contributed by atoms with E-state index in [4.69, 9.17) is 10.5 Å². The fraction of sp³-hybridized carbons (Fsp3) is 0.238. The van der Waals surface area contributed by atoms with Crippen molar-refractivity contribution in [3.8, 4) is 0 Å². The summed E-state index contributed by atoms with van der Waals surface area (Å²) in [4.78, 5) is 0.186. The van der Waals surface area contributed by atoms with E-state index < -0.39 is 21.1 Å². The van der Waals surface area contributed by atoms with Gasteiger partial charge >= 0.3 is 0 Å². The molecule has 0 spiro atoms. The van der Waals surface area contributed by atoms with Crippen molar-refractivity contribution in [2.24, 2.45) is 5.73 Å². The van der Waals surface area contributed by atoms with Crippen LogP contribution in [0.1, 0.15) is 24.0 Å². The summed E-state index contributed by atoms with van der Waals surface area (Å²) in [7, 11) is -3.78. The topological polar surface area (TPSA) is 69.4 Å². The Hall–Kier alpha value is -2.37. The lowest BCUT2D eigenvalue weighted by atomic mass is 9.91. The molecule has 138 valence electrons. The molecule has 0 aliphatic rings. The maximum Gasteiger partial charge on any atom is 0.194 e. The average molecular weight is 372 g/mol. The molecule has 0 aromatic heterocycles. The van der Waals surface area contributed by atoms with Crippen molar-refractivity contribution in [1.29, 1.82) is 0 Å². The summed E-state index contributed by atoms with van der Waals surface area (Å²) in [6.07, 6.45) is 0. The summed E-state index contributed by atoms with van der Waals surface area (Å²) < 4.78 is 31.7. The van der Waals surface area contributed by atoms with E-state index in [0.29, 0.717) is 17.9 Å². The molecule has 0 heterocycles. The number of nitrogens with two attached hydrogens (primary N) is 1. The highest BCUT2D eigenvalue weighted by atomic mass is 32.2. The van der Waals surface area contributed by atoms with Crippen LogP contribution in [0.25, 0.3) is 0 Å². The van der Waals surface area contributed by atoms with Gasteiger partial charge in [-0.05, 0) is 37.1 Å². The van der Waals surface area contributed by atoms with Crippen LogP contribution in [0.15, 0.2) is 84.0 Å². The Morgan fingerprint density at radius 1 is 1.08 bits per heavy atom. The van der Waals surface area contributed by atoms with Crippen LogP contribution in [-0.4, -0.2) is 20.4 Å². The number of sulfone groups is 1. The SMILES string of the molecule is C=C(OCC)C(=C)C(c1ccccc1)C(N)S(=O)(=O)c1ccc(C)cc1. The molecule has 0 saturated carbocycles. The molecule has 0 amide bonds. The van der Waals surface area contributed by atoms with E-state index in [2.05, 4.69) is 13.2 Å². The number of hydrogen-bond acceptors (Lipinski definition) is 4. The second-order valence-electron chi connectivity index (χ2n) is 6.09. The number of benzene rings is 2. The fourth-order valence-corrected chi connectivity index (χ4v) is 4.26. The zero-order chi connectivity index (χ0) is 19.3. The van der Waals surface area contributed by atoms with Crippen LogP contribution in [0.4, 0.5) is 0 Å². The maximum absolute atomic E-state index is 13.1. The summed E-state index contributed by atoms with van der Waals surface area (Å²) in [5.74, 6) is -0.322. The summed E-state index contributed by atoms with van der Waals surface area (Å²) in [5.41, 5.74) is 8.48. The standard InChI is InChI=1S/C21H25NO3S/c1-5-25-17(4)16(3)20(18-9-7-6-8-10-18)21(22)26(23,24)19-13-11-15(2)12-14-19/h6-14,20-21H,3-5,22H2,1-2H3. The van der Waals surface area contributed by atoms with E-state index in [-0.39, 0.29) is 4.90 Å². The molecule has 0 aliphatic carbocycles. The van der Waals surface area contributed by atoms with Crippen molar-refractivity contribution in [3.63, 3.8) is 0 Å². The van der Waals surface area contributed by atoms with Crippen LogP contribution in [-0.2, 0) is 14.6 Å². The molecular weight excluding hydrogens is 346 g/mol. The minimum atomic E-state index is -3.78. The van der Waals surface area contributed by atoms with Crippen LogP contribution in [0, 0.1) is 6.92 Å². The molecule has 0 saturated heterocycles. The molecule has 0 aliphatic heterocycles. The number of allylic oxidation sites excluding steroid dienone is 1. The lowest BCUT2D eigenvalue weighted by molar-refractivity contribution is 0.236. The van der Waals surface area contributed by atoms with Crippen molar-refractivity contribution in [1.82, 2.24) is 0 Å². The highest BCUT2D eigenvalue weighted by molar-refractivity contribution is 7.92. The van der Waals surface area contributed by atoms with E-state index in [9.17, 15) is 8.42 Å². The van der Waals surface area contributed by atoms with Gasteiger partial charge in [0.1, 0.15) is 11.1 Å². The molecule has 26 heavy (non-hydrogen) atoms. The zero-order valence-electron chi connectivity index (χ0n) is 15.2. The quantitative estimate of drug-likeness (QED) is 0.564. The molecule has 2 unspecified atom stereocenters. The third-order valence-electron chi connectivity index (χ3n) is 4.25. The van der Waals surface area contributed by atoms with Crippen LogP contribution in [0.5, 0.6) is 0 Å². The highest BCUT2D eigenvalue weighted by Crippen LogP contribution is 2.34. The maximum atomic E-state index is 13.1. The van der Waals surface area contributed by atoms with Crippen molar-refractivity contribution in [2.45, 2.75) is 30.0 Å². The Morgan fingerprint density at radius 2 is 1.65 bits per heavy atom. The summed E-state index contributed by atoms with van der Waals surface area (Å²) in [6.45, 7) is 12.0. The molecule has 2 atom stereocenters. The van der Waals surface area contributed by atoms with E-state index >= 15 is 0 Å². The van der Waals surface area contributed by atoms with Crippen molar-refractivity contribution in [3.05, 3.63) is 90.2 Å². The first-order valence-corrected chi connectivity index (χ1v) is 9.95. The molecule has 2 aromatic carbocycles. The Kier molecular flexibility index (Phi) is 6.40. The van der Waals surface area contributed by atoms with Crippen LogP contribution >= 0.6 is 0 Å². The largest absolute Gasteiger partial charge is 0.494 e. The second kappa shape index (κ2) is 8.34. The third-order valence-corrected chi connectivity index (χ3v) is 6.17. The van der Waals surface area contributed by atoms with Gasteiger partial charge in [0.15, 0.2) is 9.84 Å². The van der Waals surface area contributed by atoms with E-state index in [1.807, 2.05) is 44.2 Å². The van der Waals surface area contributed by atoms with Gasteiger partial charge in [-0.25, -0.2) is 8.42 Å². The Labute approximate surface area is 155 Å². The summed E-state index contributed by atoms with van der Waals surface area (Å²) in [5, 5.41) is -1.21. The molecule has 0 radical (unpaired) electrons. The minimum absolute atomic E-state index is 0.186. The molecular formula is C21H25NO3S. The summed E-state index contributed by atoms with van der Waals surface area (Å²) in [6, 6.07) is 15.9. The second-order valence-corrected chi connectivity index (χ2v) is 8.20. The van der Waals surface area contributed by atoms with Crippen LogP contribution < -0.4 is 5.73 Å². The monoisotopic (exact) mass is 371 g/mol. The van der Waals surface area contributed by atoms with Crippen LogP contribution in [0.3, 0.4) is 0 Å². The van der Waals surface area contributed by atoms with Crippen molar-refractivity contribution < 1.29 is 13.2 Å². The first kappa shape index (κ1) is 19.9. The van der Waals surface area contributed by atoms with E-state index in [1.54, 1.807) is 24.3 Å². The first-order chi connectivity index (χ1) is 12.3. The Balaban J connectivity index is 2.49. The zero-order valence-corrected chi connectivity index (χ0v) is 16.0. The van der Waals surface area contributed by atoms with Crippen molar-refractivity contribution >= 4 is 9.84 Å². The number of ether oxygens (including phenoxy) is 1. The van der Waals surface area contributed by atoms with Gasteiger partial charge in [-0.15, -0.1) is 0 Å². The third kappa shape index (κ3) is 4.23.